The number of piperidine rings is 2. The standard InChI is InChI=1S/C27H30ClN5O/c28-21-3-5-22(6-4-21)34-18-19-2-1-13-33(17-19)32-14-9-20(10-15-32)23-7-11-29-25-16-31-27-24(26(23)25)8-12-30-27/h3-8,11-12,16,19-20H,1-2,9-10,13-15,17-18H2,(H,30,31). The predicted molar refractivity (Wildman–Crippen MR) is 136 cm³/mol. The monoisotopic (exact) mass is 475 g/mol. The molecule has 0 spiro atoms. The largest absolute Gasteiger partial charge is 0.493 e. The molecule has 0 saturated carbocycles. The van der Waals surface area contributed by atoms with Gasteiger partial charge in [-0.1, -0.05) is 11.6 Å². The average Bonchev–Trinajstić information content (AvgIpc) is 3.38. The third-order valence-corrected chi connectivity index (χ3v) is 7.68. The van der Waals surface area contributed by atoms with Crippen molar-refractivity contribution in [2.75, 3.05) is 32.8 Å². The van der Waals surface area contributed by atoms with Gasteiger partial charge < -0.3 is 9.72 Å². The lowest BCUT2D eigenvalue weighted by Gasteiger charge is -2.43. The molecule has 0 aliphatic carbocycles. The zero-order chi connectivity index (χ0) is 22.9. The van der Waals surface area contributed by atoms with Crippen LogP contribution in [0.25, 0.3) is 21.9 Å². The summed E-state index contributed by atoms with van der Waals surface area (Å²) in [6.07, 6.45) is 10.6. The number of hydrazine groups is 1. The summed E-state index contributed by atoms with van der Waals surface area (Å²) in [6.45, 7) is 5.18. The van der Waals surface area contributed by atoms with E-state index in [-0.39, 0.29) is 0 Å². The van der Waals surface area contributed by atoms with Gasteiger partial charge in [0.05, 0.1) is 18.3 Å². The molecule has 4 aromatic rings. The molecule has 0 amide bonds. The number of aromatic amines is 1. The fourth-order valence-corrected chi connectivity index (χ4v) is 5.79. The Labute approximate surface area is 204 Å². The van der Waals surface area contributed by atoms with Gasteiger partial charge in [-0.25, -0.2) is 15.0 Å². The van der Waals surface area contributed by atoms with Crippen LogP contribution in [0.5, 0.6) is 5.75 Å². The lowest BCUT2D eigenvalue weighted by molar-refractivity contribution is -0.0737. The van der Waals surface area contributed by atoms with Crippen molar-refractivity contribution >= 4 is 33.5 Å². The van der Waals surface area contributed by atoms with Crippen molar-refractivity contribution in [3.8, 4) is 5.75 Å². The van der Waals surface area contributed by atoms with Crippen LogP contribution in [-0.4, -0.2) is 57.8 Å². The minimum Gasteiger partial charge on any atom is -0.493 e. The van der Waals surface area contributed by atoms with E-state index in [1.807, 2.05) is 42.9 Å². The molecule has 2 saturated heterocycles. The van der Waals surface area contributed by atoms with Crippen LogP contribution in [0.3, 0.4) is 0 Å². The van der Waals surface area contributed by atoms with E-state index in [1.165, 1.54) is 29.2 Å². The van der Waals surface area contributed by atoms with Crippen LogP contribution < -0.4 is 4.74 Å². The van der Waals surface area contributed by atoms with Gasteiger partial charge in [-0.3, -0.25) is 4.98 Å². The summed E-state index contributed by atoms with van der Waals surface area (Å²) >= 11 is 5.99. The van der Waals surface area contributed by atoms with Crippen LogP contribution in [0.4, 0.5) is 0 Å². The summed E-state index contributed by atoms with van der Waals surface area (Å²) in [5.74, 6) is 2.01. The normalized spacial score (nSPS) is 20.8. The molecule has 2 aliphatic rings. The summed E-state index contributed by atoms with van der Waals surface area (Å²) in [5, 5.41) is 8.36. The number of hydrogen-bond acceptors (Lipinski definition) is 5. The van der Waals surface area contributed by atoms with E-state index in [4.69, 9.17) is 16.3 Å². The number of hydrogen-bond donors (Lipinski definition) is 1. The van der Waals surface area contributed by atoms with Crippen molar-refractivity contribution in [3.63, 3.8) is 0 Å². The van der Waals surface area contributed by atoms with E-state index >= 15 is 0 Å². The van der Waals surface area contributed by atoms with E-state index in [9.17, 15) is 0 Å². The highest BCUT2D eigenvalue weighted by atomic mass is 35.5. The van der Waals surface area contributed by atoms with E-state index in [1.54, 1.807) is 0 Å². The number of aromatic nitrogens is 3. The van der Waals surface area contributed by atoms with Crippen molar-refractivity contribution in [3.05, 3.63) is 65.6 Å². The maximum absolute atomic E-state index is 6.06. The zero-order valence-electron chi connectivity index (χ0n) is 19.3. The Kier molecular flexibility index (Phi) is 6.12. The number of nitrogens with zero attached hydrogens (tertiary/aromatic N) is 4. The number of ether oxygens (including phenoxy) is 1. The summed E-state index contributed by atoms with van der Waals surface area (Å²) in [4.78, 5) is 12.4. The minimum absolute atomic E-state index is 0.552. The second kappa shape index (κ2) is 9.53. The van der Waals surface area contributed by atoms with E-state index in [0.29, 0.717) is 11.8 Å². The van der Waals surface area contributed by atoms with Crippen molar-refractivity contribution in [2.24, 2.45) is 5.92 Å². The van der Waals surface area contributed by atoms with E-state index in [2.05, 4.69) is 37.1 Å². The minimum atomic E-state index is 0.552. The van der Waals surface area contributed by atoms with Crippen LogP contribution in [0.2, 0.25) is 5.02 Å². The Morgan fingerprint density at radius 3 is 2.68 bits per heavy atom. The van der Waals surface area contributed by atoms with Crippen molar-refractivity contribution in [1.29, 1.82) is 0 Å². The summed E-state index contributed by atoms with van der Waals surface area (Å²) in [5.41, 5.74) is 3.36. The molecule has 5 heterocycles. The Hall–Kier alpha value is -2.67. The fraction of sp³-hybridized carbons (Fsp3) is 0.407. The summed E-state index contributed by atoms with van der Waals surface area (Å²) in [6, 6.07) is 12.0. The van der Waals surface area contributed by atoms with Gasteiger partial charge in [0, 0.05) is 60.3 Å². The van der Waals surface area contributed by atoms with Crippen LogP contribution in [0, 0.1) is 5.92 Å². The quantitative estimate of drug-likeness (QED) is 0.404. The first-order valence-electron chi connectivity index (χ1n) is 12.3. The lowest BCUT2D eigenvalue weighted by atomic mass is 9.87. The maximum Gasteiger partial charge on any atom is 0.137 e. The molecular weight excluding hydrogens is 446 g/mol. The number of H-pyrrole nitrogens is 1. The number of pyridine rings is 2. The highest BCUT2D eigenvalue weighted by molar-refractivity contribution is 6.30. The number of benzene rings is 1. The van der Waals surface area contributed by atoms with Crippen molar-refractivity contribution < 1.29 is 4.74 Å². The van der Waals surface area contributed by atoms with Crippen LogP contribution in [0.15, 0.2) is 55.0 Å². The van der Waals surface area contributed by atoms with Crippen molar-refractivity contribution in [1.82, 2.24) is 25.0 Å². The second-order valence-corrected chi connectivity index (χ2v) is 10.0. The first kappa shape index (κ1) is 21.8. The van der Waals surface area contributed by atoms with Crippen molar-refractivity contribution in [2.45, 2.75) is 31.6 Å². The first-order chi connectivity index (χ1) is 16.7. The number of rotatable bonds is 5. The third kappa shape index (κ3) is 4.38. The Morgan fingerprint density at radius 2 is 1.82 bits per heavy atom. The van der Waals surface area contributed by atoms with Crippen LogP contribution in [-0.2, 0) is 0 Å². The molecule has 1 unspecified atom stereocenters. The molecule has 1 N–H and O–H groups in total. The van der Waals surface area contributed by atoms with Gasteiger partial charge in [0.2, 0.25) is 0 Å². The predicted octanol–water partition coefficient (Wildman–Crippen LogP) is 5.65. The Balaban J connectivity index is 1.10. The smallest absolute Gasteiger partial charge is 0.137 e. The topological polar surface area (TPSA) is 57.3 Å². The van der Waals surface area contributed by atoms with Crippen LogP contribution in [0.1, 0.15) is 37.2 Å². The number of halogens is 1. The van der Waals surface area contributed by atoms with Gasteiger partial charge in [-0.15, -0.1) is 0 Å². The maximum atomic E-state index is 6.06. The molecule has 176 valence electrons. The van der Waals surface area contributed by atoms with Gasteiger partial charge in [0.25, 0.3) is 0 Å². The molecule has 6 rings (SSSR count). The SMILES string of the molecule is Clc1ccc(OCC2CCCN(N3CCC(c4ccnc5cnc6[nH]ccc6c45)CC3)C2)cc1. The summed E-state index contributed by atoms with van der Waals surface area (Å²) in [7, 11) is 0. The van der Waals surface area contributed by atoms with Gasteiger partial charge >= 0.3 is 0 Å². The molecule has 1 atom stereocenters. The van der Waals surface area contributed by atoms with E-state index in [0.717, 1.165) is 67.6 Å². The molecule has 1 aromatic carbocycles. The molecule has 3 aromatic heterocycles. The average molecular weight is 476 g/mol. The van der Waals surface area contributed by atoms with E-state index < -0.39 is 0 Å². The Morgan fingerprint density at radius 1 is 0.971 bits per heavy atom. The van der Waals surface area contributed by atoms with Gasteiger partial charge in [0.1, 0.15) is 11.4 Å². The molecule has 0 bridgehead atoms. The number of nitrogens with one attached hydrogen (secondary N) is 1. The molecule has 2 fully saturated rings. The third-order valence-electron chi connectivity index (χ3n) is 7.43. The molecule has 2 aliphatic heterocycles. The molecule has 6 nitrogen and oxygen atoms in total. The van der Waals surface area contributed by atoms with Gasteiger partial charge in [0.15, 0.2) is 0 Å². The first-order valence-corrected chi connectivity index (χ1v) is 12.7. The zero-order valence-corrected chi connectivity index (χ0v) is 20.0. The molecular formula is C27H30ClN5O. The summed E-state index contributed by atoms with van der Waals surface area (Å²) < 4.78 is 6.06. The molecule has 7 heteroatoms. The second-order valence-electron chi connectivity index (χ2n) is 9.57. The van der Waals surface area contributed by atoms with Gasteiger partial charge in [-0.05, 0) is 73.6 Å². The number of fused-ring (bicyclic) bond motifs is 3. The highest BCUT2D eigenvalue weighted by Gasteiger charge is 2.29. The fourth-order valence-electron chi connectivity index (χ4n) is 5.66. The van der Waals surface area contributed by atoms with Crippen LogP contribution >= 0.6 is 11.6 Å². The molecule has 0 radical (unpaired) electrons. The highest BCUT2D eigenvalue weighted by Crippen LogP contribution is 2.36. The van der Waals surface area contributed by atoms with Gasteiger partial charge in [-0.2, -0.15) is 0 Å². The lowest BCUT2D eigenvalue weighted by Crippen LogP contribution is -2.51. The Bertz CT molecular complexity index is 1270. The molecule has 34 heavy (non-hydrogen) atoms.